The molecule has 2 rings (SSSR count). The molecule has 0 bridgehead atoms. The third-order valence-corrected chi connectivity index (χ3v) is 3.55. The summed E-state index contributed by atoms with van der Waals surface area (Å²) in [6, 6.07) is 5.31. The van der Waals surface area contributed by atoms with Crippen LogP contribution in [0.4, 0.5) is 0 Å². The summed E-state index contributed by atoms with van der Waals surface area (Å²) in [4.78, 5) is 12.4. The van der Waals surface area contributed by atoms with E-state index in [9.17, 15) is 9.90 Å². The van der Waals surface area contributed by atoms with Crippen molar-refractivity contribution in [3.63, 3.8) is 0 Å². The minimum atomic E-state index is -0.816. The number of thiophene rings is 1. The van der Waals surface area contributed by atoms with Gasteiger partial charge in [0.05, 0.1) is 11.4 Å². The van der Waals surface area contributed by atoms with Crippen molar-refractivity contribution in [2.45, 2.75) is 20.0 Å². The van der Waals surface area contributed by atoms with Crippen LogP contribution < -0.4 is 5.32 Å². The quantitative estimate of drug-likeness (QED) is 0.892. The molecule has 0 spiro atoms. The highest BCUT2D eigenvalue weighted by Gasteiger charge is 2.14. The van der Waals surface area contributed by atoms with E-state index in [1.54, 1.807) is 12.1 Å². The SMILES string of the molecule is Cc1csc(C(=O)NCC(O)c2ccc(C)o2)c1. The number of rotatable bonds is 4. The number of hydrogen-bond acceptors (Lipinski definition) is 4. The standard InChI is InChI=1S/C13H15NO3S/c1-8-5-12(18-7-8)13(16)14-6-10(15)11-4-3-9(2)17-11/h3-5,7,10,15H,6H2,1-2H3,(H,14,16). The van der Waals surface area contributed by atoms with Crippen molar-refractivity contribution in [2.24, 2.45) is 0 Å². The molecule has 0 aliphatic carbocycles. The van der Waals surface area contributed by atoms with Crippen molar-refractivity contribution >= 4 is 17.2 Å². The fourth-order valence-corrected chi connectivity index (χ4v) is 2.37. The second-order valence-corrected chi connectivity index (χ2v) is 5.07. The molecule has 0 aromatic carbocycles. The fourth-order valence-electron chi connectivity index (χ4n) is 1.56. The number of aryl methyl sites for hydroxylation is 2. The zero-order valence-electron chi connectivity index (χ0n) is 10.3. The Morgan fingerprint density at radius 1 is 1.50 bits per heavy atom. The summed E-state index contributed by atoms with van der Waals surface area (Å²) in [5, 5.41) is 14.4. The van der Waals surface area contributed by atoms with E-state index in [0.29, 0.717) is 10.6 Å². The van der Waals surface area contributed by atoms with Crippen LogP contribution >= 0.6 is 11.3 Å². The lowest BCUT2D eigenvalue weighted by molar-refractivity contribution is 0.0904. The monoisotopic (exact) mass is 265 g/mol. The first kappa shape index (κ1) is 12.9. The van der Waals surface area contributed by atoms with Crippen LogP contribution in [-0.4, -0.2) is 17.6 Å². The summed E-state index contributed by atoms with van der Waals surface area (Å²) >= 11 is 1.39. The Morgan fingerprint density at radius 3 is 2.83 bits per heavy atom. The summed E-state index contributed by atoms with van der Waals surface area (Å²) in [7, 11) is 0. The number of carbonyl (C=O) groups is 1. The maximum absolute atomic E-state index is 11.8. The first-order valence-corrected chi connectivity index (χ1v) is 6.52. The fraction of sp³-hybridized carbons (Fsp3) is 0.308. The Hall–Kier alpha value is -1.59. The minimum absolute atomic E-state index is 0.142. The van der Waals surface area contributed by atoms with Gasteiger partial charge in [0.25, 0.3) is 5.91 Å². The number of aliphatic hydroxyl groups excluding tert-OH is 1. The van der Waals surface area contributed by atoms with Crippen molar-refractivity contribution in [3.05, 3.63) is 45.5 Å². The van der Waals surface area contributed by atoms with Gasteiger partial charge in [0.1, 0.15) is 17.6 Å². The van der Waals surface area contributed by atoms with Crippen LogP contribution in [0.15, 0.2) is 28.0 Å². The normalized spacial score (nSPS) is 12.4. The predicted octanol–water partition coefficient (Wildman–Crippen LogP) is 2.42. The highest BCUT2D eigenvalue weighted by Crippen LogP contribution is 2.16. The van der Waals surface area contributed by atoms with Gasteiger partial charge >= 0.3 is 0 Å². The summed E-state index contributed by atoms with van der Waals surface area (Å²) < 4.78 is 5.29. The Balaban J connectivity index is 1.90. The van der Waals surface area contributed by atoms with Crippen LogP contribution in [0.2, 0.25) is 0 Å². The number of furan rings is 1. The Labute approximate surface area is 109 Å². The van der Waals surface area contributed by atoms with Crippen LogP contribution in [-0.2, 0) is 0 Å². The van der Waals surface area contributed by atoms with Crippen LogP contribution in [0, 0.1) is 13.8 Å². The lowest BCUT2D eigenvalue weighted by Gasteiger charge is -2.08. The lowest BCUT2D eigenvalue weighted by Crippen LogP contribution is -2.27. The van der Waals surface area contributed by atoms with Crippen molar-refractivity contribution in [3.8, 4) is 0 Å². The Kier molecular flexibility index (Phi) is 3.84. The molecule has 0 radical (unpaired) electrons. The van der Waals surface area contributed by atoms with Gasteiger partial charge in [0.2, 0.25) is 0 Å². The molecule has 0 saturated carbocycles. The molecule has 0 aliphatic rings. The second-order valence-electron chi connectivity index (χ2n) is 4.16. The zero-order chi connectivity index (χ0) is 13.1. The van der Waals surface area contributed by atoms with E-state index in [1.807, 2.05) is 25.3 Å². The minimum Gasteiger partial charge on any atom is -0.464 e. The maximum atomic E-state index is 11.8. The van der Waals surface area contributed by atoms with E-state index < -0.39 is 6.10 Å². The van der Waals surface area contributed by atoms with Gasteiger partial charge in [0.15, 0.2) is 0 Å². The molecule has 96 valence electrons. The molecule has 0 fully saturated rings. The average Bonchev–Trinajstić information content (AvgIpc) is 2.94. The van der Waals surface area contributed by atoms with Crippen LogP contribution in [0.25, 0.3) is 0 Å². The molecule has 0 aliphatic heterocycles. The number of aliphatic hydroxyl groups is 1. The molecular weight excluding hydrogens is 250 g/mol. The highest BCUT2D eigenvalue weighted by atomic mass is 32.1. The first-order valence-electron chi connectivity index (χ1n) is 5.64. The third-order valence-electron chi connectivity index (χ3n) is 2.50. The van der Waals surface area contributed by atoms with E-state index in [-0.39, 0.29) is 12.5 Å². The van der Waals surface area contributed by atoms with E-state index in [1.165, 1.54) is 11.3 Å². The van der Waals surface area contributed by atoms with Crippen molar-refractivity contribution in [1.29, 1.82) is 0 Å². The summed E-state index contributed by atoms with van der Waals surface area (Å²) in [5.74, 6) is 1.04. The predicted molar refractivity (Wildman–Crippen MR) is 69.8 cm³/mol. The lowest BCUT2D eigenvalue weighted by atomic mass is 10.2. The highest BCUT2D eigenvalue weighted by molar-refractivity contribution is 7.12. The van der Waals surface area contributed by atoms with Crippen LogP contribution in [0.3, 0.4) is 0 Å². The van der Waals surface area contributed by atoms with Gasteiger partial charge in [-0.25, -0.2) is 0 Å². The number of hydrogen-bond donors (Lipinski definition) is 2. The maximum Gasteiger partial charge on any atom is 0.261 e. The van der Waals surface area contributed by atoms with Crippen LogP contribution in [0.5, 0.6) is 0 Å². The van der Waals surface area contributed by atoms with Crippen molar-refractivity contribution in [2.75, 3.05) is 6.54 Å². The van der Waals surface area contributed by atoms with Gasteiger partial charge in [-0.3, -0.25) is 4.79 Å². The van der Waals surface area contributed by atoms with E-state index >= 15 is 0 Å². The molecule has 18 heavy (non-hydrogen) atoms. The number of amides is 1. The molecule has 2 aromatic heterocycles. The van der Waals surface area contributed by atoms with E-state index in [0.717, 1.165) is 11.3 Å². The van der Waals surface area contributed by atoms with Crippen molar-refractivity contribution in [1.82, 2.24) is 5.32 Å². The molecule has 2 heterocycles. The van der Waals surface area contributed by atoms with Crippen molar-refractivity contribution < 1.29 is 14.3 Å². The van der Waals surface area contributed by atoms with Crippen LogP contribution in [0.1, 0.15) is 32.9 Å². The molecule has 1 atom stereocenters. The summed E-state index contributed by atoms with van der Waals surface area (Å²) in [5.41, 5.74) is 1.06. The molecule has 4 nitrogen and oxygen atoms in total. The molecule has 2 aromatic rings. The average molecular weight is 265 g/mol. The topological polar surface area (TPSA) is 62.5 Å². The molecule has 2 N–H and O–H groups in total. The van der Waals surface area contributed by atoms with E-state index in [4.69, 9.17) is 4.42 Å². The zero-order valence-corrected chi connectivity index (χ0v) is 11.1. The van der Waals surface area contributed by atoms with Gasteiger partial charge in [-0.2, -0.15) is 0 Å². The van der Waals surface area contributed by atoms with Gasteiger partial charge < -0.3 is 14.8 Å². The van der Waals surface area contributed by atoms with Gasteiger partial charge in [-0.05, 0) is 43.0 Å². The third kappa shape index (κ3) is 3.00. The van der Waals surface area contributed by atoms with E-state index in [2.05, 4.69) is 5.32 Å². The van der Waals surface area contributed by atoms with Gasteiger partial charge in [-0.15, -0.1) is 11.3 Å². The smallest absolute Gasteiger partial charge is 0.261 e. The second kappa shape index (κ2) is 5.37. The first-order chi connectivity index (χ1) is 8.56. The Morgan fingerprint density at radius 2 is 2.28 bits per heavy atom. The van der Waals surface area contributed by atoms with Gasteiger partial charge in [0, 0.05) is 0 Å². The molecule has 1 amide bonds. The molecule has 5 heteroatoms. The Bertz CT molecular complexity index is 544. The number of nitrogens with one attached hydrogen (secondary N) is 1. The number of carbonyl (C=O) groups excluding carboxylic acids is 1. The molecule has 1 unspecified atom stereocenters. The largest absolute Gasteiger partial charge is 0.464 e. The summed E-state index contributed by atoms with van der Waals surface area (Å²) in [6.07, 6.45) is -0.816. The summed E-state index contributed by atoms with van der Waals surface area (Å²) in [6.45, 7) is 3.89. The molecule has 0 saturated heterocycles. The molecular formula is C13H15NO3S. The van der Waals surface area contributed by atoms with Gasteiger partial charge in [-0.1, -0.05) is 0 Å².